The van der Waals surface area contributed by atoms with Crippen LogP contribution in [0.3, 0.4) is 0 Å². The van der Waals surface area contributed by atoms with E-state index in [9.17, 15) is 0 Å². The smallest absolute Gasteiger partial charge is 0.0701 e. The third-order valence-corrected chi connectivity index (χ3v) is 5.10. The molecule has 0 bridgehead atoms. The van der Waals surface area contributed by atoms with E-state index in [1.807, 2.05) is 7.05 Å². The molecule has 96 valence electrons. The maximum Gasteiger partial charge on any atom is 0.0701 e. The highest BCUT2D eigenvalue weighted by Gasteiger charge is 2.32. The summed E-state index contributed by atoms with van der Waals surface area (Å²) < 4.78 is 1.18. The molecule has 1 unspecified atom stereocenters. The van der Waals surface area contributed by atoms with Gasteiger partial charge in [-0.05, 0) is 40.7 Å². The van der Waals surface area contributed by atoms with Crippen LogP contribution in [0.4, 0.5) is 0 Å². The van der Waals surface area contributed by atoms with Crippen LogP contribution in [0.2, 0.25) is 0 Å². The molecule has 0 fully saturated rings. The maximum absolute atomic E-state index is 3.54. The SMILES string of the molecule is CNC(c1ccc(Br)s1)C(C)(C)c1ccccc1. The highest BCUT2D eigenvalue weighted by Crippen LogP contribution is 2.40. The van der Waals surface area contributed by atoms with E-state index < -0.39 is 0 Å². The molecule has 18 heavy (non-hydrogen) atoms. The van der Waals surface area contributed by atoms with E-state index in [0.717, 1.165) is 0 Å². The summed E-state index contributed by atoms with van der Waals surface area (Å²) in [6.07, 6.45) is 0. The zero-order chi connectivity index (χ0) is 13.2. The highest BCUT2D eigenvalue weighted by molar-refractivity contribution is 9.11. The number of hydrogen-bond acceptors (Lipinski definition) is 2. The first-order valence-electron chi connectivity index (χ1n) is 6.03. The predicted octanol–water partition coefficient (Wildman–Crippen LogP) is 4.75. The molecular formula is C15H18BrNS. The van der Waals surface area contributed by atoms with Gasteiger partial charge in [-0.15, -0.1) is 11.3 Å². The molecule has 1 aromatic carbocycles. The van der Waals surface area contributed by atoms with E-state index in [1.165, 1.54) is 14.2 Å². The number of thiophene rings is 1. The molecule has 0 aliphatic carbocycles. The van der Waals surface area contributed by atoms with Crippen molar-refractivity contribution in [3.05, 3.63) is 56.7 Å². The largest absolute Gasteiger partial charge is 0.312 e. The lowest BCUT2D eigenvalue weighted by Gasteiger charge is -2.34. The van der Waals surface area contributed by atoms with Crippen molar-refractivity contribution in [1.82, 2.24) is 5.32 Å². The van der Waals surface area contributed by atoms with E-state index >= 15 is 0 Å². The summed E-state index contributed by atoms with van der Waals surface area (Å²) in [6.45, 7) is 4.58. The van der Waals surface area contributed by atoms with Crippen LogP contribution >= 0.6 is 27.3 Å². The summed E-state index contributed by atoms with van der Waals surface area (Å²) in [7, 11) is 2.03. The number of rotatable bonds is 4. The van der Waals surface area contributed by atoms with Crippen molar-refractivity contribution in [1.29, 1.82) is 0 Å². The lowest BCUT2D eigenvalue weighted by atomic mass is 9.77. The topological polar surface area (TPSA) is 12.0 Å². The van der Waals surface area contributed by atoms with Crippen molar-refractivity contribution in [3.63, 3.8) is 0 Å². The molecule has 0 radical (unpaired) electrons. The minimum atomic E-state index is 0.0559. The van der Waals surface area contributed by atoms with Gasteiger partial charge in [0.15, 0.2) is 0 Å². The fourth-order valence-electron chi connectivity index (χ4n) is 2.38. The van der Waals surface area contributed by atoms with Gasteiger partial charge in [0, 0.05) is 10.3 Å². The Kier molecular flexibility index (Phi) is 4.25. The van der Waals surface area contributed by atoms with Crippen LogP contribution in [0.15, 0.2) is 46.3 Å². The van der Waals surface area contributed by atoms with Crippen LogP contribution in [-0.4, -0.2) is 7.05 Å². The Labute approximate surface area is 121 Å². The molecule has 0 aliphatic rings. The summed E-state index contributed by atoms with van der Waals surface area (Å²) in [4.78, 5) is 1.36. The molecule has 1 aromatic heterocycles. The average molecular weight is 324 g/mol. The molecule has 0 amide bonds. The van der Waals surface area contributed by atoms with E-state index in [4.69, 9.17) is 0 Å². The zero-order valence-corrected chi connectivity index (χ0v) is 13.3. The first-order chi connectivity index (χ1) is 8.55. The van der Waals surface area contributed by atoms with Crippen LogP contribution < -0.4 is 5.32 Å². The van der Waals surface area contributed by atoms with Gasteiger partial charge in [0.25, 0.3) is 0 Å². The second-order valence-corrected chi connectivity index (χ2v) is 7.45. The molecular weight excluding hydrogens is 306 g/mol. The molecule has 2 rings (SSSR count). The van der Waals surface area contributed by atoms with Crippen LogP contribution in [-0.2, 0) is 5.41 Å². The van der Waals surface area contributed by atoms with E-state index in [2.05, 4.69) is 77.6 Å². The van der Waals surface area contributed by atoms with Gasteiger partial charge < -0.3 is 5.32 Å². The van der Waals surface area contributed by atoms with Gasteiger partial charge in [0.2, 0.25) is 0 Å². The van der Waals surface area contributed by atoms with Crippen LogP contribution in [0, 0.1) is 0 Å². The quantitative estimate of drug-likeness (QED) is 0.856. The first-order valence-corrected chi connectivity index (χ1v) is 7.64. The predicted molar refractivity (Wildman–Crippen MR) is 83.3 cm³/mol. The summed E-state index contributed by atoms with van der Waals surface area (Å²) in [5, 5.41) is 3.46. The molecule has 1 heterocycles. The van der Waals surface area contributed by atoms with Crippen LogP contribution in [0.5, 0.6) is 0 Å². The van der Waals surface area contributed by atoms with Gasteiger partial charge in [-0.1, -0.05) is 44.2 Å². The Morgan fingerprint density at radius 2 is 1.78 bits per heavy atom. The number of likely N-dealkylation sites (N-methyl/N-ethyl adjacent to an activating group) is 1. The fraction of sp³-hybridized carbons (Fsp3) is 0.333. The van der Waals surface area contributed by atoms with Crippen molar-refractivity contribution >= 4 is 27.3 Å². The molecule has 2 aromatic rings. The lowest BCUT2D eigenvalue weighted by Crippen LogP contribution is -2.34. The number of halogens is 1. The summed E-state index contributed by atoms with van der Waals surface area (Å²) in [5.74, 6) is 0. The van der Waals surface area contributed by atoms with Gasteiger partial charge in [-0.25, -0.2) is 0 Å². The van der Waals surface area contributed by atoms with Crippen molar-refractivity contribution in [2.24, 2.45) is 0 Å². The minimum absolute atomic E-state index is 0.0559. The molecule has 1 nitrogen and oxygen atoms in total. The van der Waals surface area contributed by atoms with Gasteiger partial charge in [0.1, 0.15) is 0 Å². The van der Waals surface area contributed by atoms with E-state index in [1.54, 1.807) is 11.3 Å². The zero-order valence-electron chi connectivity index (χ0n) is 10.9. The van der Waals surface area contributed by atoms with Gasteiger partial charge in [-0.2, -0.15) is 0 Å². The Morgan fingerprint density at radius 3 is 2.28 bits per heavy atom. The fourth-order valence-corrected chi connectivity index (χ4v) is 4.10. The minimum Gasteiger partial charge on any atom is -0.312 e. The molecule has 0 aliphatic heterocycles. The summed E-state index contributed by atoms with van der Waals surface area (Å²) in [5.41, 5.74) is 1.41. The lowest BCUT2D eigenvalue weighted by molar-refractivity contribution is 0.373. The Morgan fingerprint density at radius 1 is 1.11 bits per heavy atom. The van der Waals surface area contributed by atoms with Crippen molar-refractivity contribution in [2.75, 3.05) is 7.05 Å². The molecule has 0 spiro atoms. The molecule has 0 saturated heterocycles. The normalized spacial score (nSPS) is 13.6. The summed E-state index contributed by atoms with van der Waals surface area (Å²) >= 11 is 5.34. The van der Waals surface area contributed by atoms with Crippen LogP contribution in [0.1, 0.15) is 30.3 Å². The Hall–Kier alpha value is -0.640. The standard InChI is InChI=1S/C15H18BrNS/c1-15(2,11-7-5-4-6-8-11)14(17-3)12-9-10-13(16)18-12/h4-10,14,17H,1-3H3. The summed E-state index contributed by atoms with van der Waals surface area (Å²) in [6, 6.07) is 15.3. The van der Waals surface area contributed by atoms with Gasteiger partial charge >= 0.3 is 0 Å². The van der Waals surface area contributed by atoms with Crippen molar-refractivity contribution in [2.45, 2.75) is 25.3 Å². The highest BCUT2D eigenvalue weighted by atomic mass is 79.9. The molecule has 1 N–H and O–H groups in total. The Bertz CT molecular complexity index is 504. The average Bonchev–Trinajstić information content (AvgIpc) is 2.77. The second-order valence-electron chi connectivity index (χ2n) is 4.95. The third kappa shape index (κ3) is 2.68. The second kappa shape index (κ2) is 5.55. The molecule has 0 saturated carbocycles. The van der Waals surface area contributed by atoms with E-state index in [0.29, 0.717) is 6.04 Å². The number of hydrogen-bond donors (Lipinski definition) is 1. The molecule has 3 heteroatoms. The monoisotopic (exact) mass is 323 g/mol. The Balaban J connectivity index is 2.38. The third-order valence-electron chi connectivity index (χ3n) is 3.41. The molecule has 1 atom stereocenters. The first kappa shape index (κ1) is 13.8. The van der Waals surface area contributed by atoms with E-state index in [-0.39, 0.29) is 5.41 Å². The van der Waals surface area contributed by atoms with Gasteiger partial charge in [0.05, 0.1) is 9.83 Å². The van der Waals surface area contributed by atoms with Crippen molar-refractivity contribution < 1.29 is 0 Å². The maximum atomic E-state index is 3.54. The van der Waals surface area contributed by atoms with Gasteiger partial charge in [-0.3, -0.25) is 0 Å². The number of benzene rings is 1. The van der Waals surface area contributed by atoms with Crippen molar-refractivity contribution in [3.8, 4) is 0 Å². The van der Waals surface area contributed by atoms with Crippen LogP contribution in [0.25, 0.3) is 0 Å². The number of nitrogens with one attached hydrogen (secondary N) is 1.